The fourth-order valence-electron chi connectivity index (χ4n) is 3.22. The van der Waals surface area contributed by atoms with Crippen molar-refractivity contribution in [3.63, 3.8) is 0 Å². The molecule has 0 aliphatic carbocycles. The lowest BCUT2D eigenvalue weighted by atomic mass is 10.2. The number of carbonyl (C=O) groups excluding carboxylic acids is 2. The van der Waals surface area contributed by atoms with Gasteiger partial charge in [0.2, 0.25) is 0 Å². The first-order valence-electron chi connectivity index (χ1n) is 9.80. The summed E-state index contributed by atoms with van der Waals surface area (Å²) in [5.41, 5.74) is -1.19. The average Bonchev–Trinajstić information content (AvgIpc) is 3.39. The molecule has 0 bridgehead atoms. The van der Waals surface area contributed by atoms with Crippen LogP contribution in [0.1, 0.15) is 33.0 Å². The van der Waals surface area contributed by atoms with Crippen molar-refractivity contribution in [2.75, 3.05) is 28.6 Å². The molecule has 0 aromatic carbocycles. The maximum Gasteiger partial charge on any atom is 0.433 e. The molecule has 3 aromatic rings. The first kappa shape index (κ1) is 23.1. The highest BCUT2D eigenvalue weighted by molar-refractivity contribution is 6.11. The van der Waals surface area contributed by atoms with Crippen LogP contribution in [-0.4, -0.2) is 51.0 Å². The highest BCUT2D eigenvalue weighted by Gasteiger charge is 2.38. The Hall–Kier alpha value is -4.10. The maximum absolute atomic E-state index is 13.4. The van der Waals surface area contributed by atoms with E-state index < -0.39 is 36.2 Å². The number of anilines is 3. The molecule has 178 valence electrons. The van der Waals surface area contributed by atoms with Gasteiger partial charge in [-0.2, -0.15) is 18.3 Å². The maximum atomic E-state index is 13.4. The van der Waals surface area contributed by atoms with E-state index in [9.17, 15) is 31.5 Å². The van der Waals surface area contributed by atoms with Crippen LogP contribution in [0.3, 0.4) is 0 Å². The van der Waals surface area contributed by atoms with Crippen molar-refractivity contribution < 1.29 is 31.5 Å². The molecule has 34 heavy (non-hydrogen) atoms. The zero-order valence-electron chi connectivity index (χ0n) is 17.2. The van der Waals surface area contributed by atoms with E-state index in [0.717, 1.165) is 18.5 Å². The summed E-state index contributed by atoms with van der Waals surface area (Å²) in [6.07, 6.45) is -1.69. The minimum atomic E-state index is -4.64. The van der Waals surface area contributed by atoms with Crippen LogP contribution in [0.4, 0.5) is 39.1 Å². The molecule has 0 unspecified atom stereocenters. The van der Waals surface area contributed by atoms with Gasteiger partial charge in [-0.25, -0.2) is 13.8 Å². The zero-order valence-corrected chi connectivity index (χ0v) is 17.2. The Morgan fingerprint density at radius 2 is 1.79 bits per heavy atom. The molecule has 0 atom stereocenters. The topological polar surface area (TPSA) is 116 Å². The van der Waals surface area contributed by atoms with Crippen molar-refractivity contribution in [3.8, 4) is 0 Å². The van der Waals surface area contributed by atoms with E-state index in [1.165, 1.54) is 23.2 Å². The molecular formula is C20H16F5N7O2. The summed E-state index contributed by atoms with van der Waals surface area (Å²) >= 11 is 0. The molecule has 3 aromatic heterocycles. The predicted molar refractivity (Wildman–Crippen MR) is 110 cm³/mol. The number of rotatable bonds is 5. The number of pyridine rings is 2. The first-order chi connectivity index (χ1) is 16.0. The third-order valence-corrected chi connectivity index (χ3v) is 4.93. The summed E-state index contributed by atoms with van der Waals surface area (Å²) in [6.45, 7) is -0.269. The molecule has 2 amide bonds. The number of amides is 2. The van der Waals surface area contributed by atoms with Crippen molar-refractivity contribution in [1.29, 1.82) is 0 Å². The van der Waals surface area contributed by atoms with Gasteiger partial charge in [0.1, 0.15) is 17.2 Å². The summed E-state index contributed by atoms with van der Waals surface area (Å²) in [5, 5.41) is 11.0. The predicted octanol–water partition coefficient (Wildman–Crippen LogP) is 3.57. The quantitative estimate of drug-likeness (QED) is 0.480. The third-order valence-electron chi connectivity index (χ3n) is 4.93. The Balaban J connectivity index is 1.40. The average molecular weight is 481 g/mol. The number of halogens is 5. The number of nitrogens with one attached hydrogen (secondary N) is 3. The lowest BCUT2D eigenvalue weighted by molar-refractivity contribution is -0.141. The first-order valence-corrected chi connectivity index (χ1v) is 9.80. The summed E-state index contributed by atoms with van der Waals surface area (Å²) in [5.74, 6) is -3.92. The van der Waals surface area contributed by atoms with Crippen LogP contribution in [0.15, 0.2) is 42.9 Å². The van der Waals surface area contributed by atoms with E-state index in [1.807, 2.05) is 0 Å². The van der Waals surface area contributed by atoms with Gasteiger partial charge in [-0.3, -0.25) is 19.7 Å². The number of aromatic amines is 1. The van der Waals surface area contributed by atoms with Gasteiger partial charge in [-0.05, 0) is 24.3 Å². The number of carbonyl (C=O) groups is 2. The van der Waals surface area contributed by atoms with Gasteiger partial charge in [0.05, 0.1) is 35.9 Å². The lowest BCUT2D eigenvalue weighted by Crippen LogP contribution is -2.25. The van der Waals surface area contributed by atoms with E-state index >= 15 is 0 Å². The summed E-state index contributed by atoms with van der Waals surface area (Å²) in [7, 11) is 0. The van der Waals surface area contributed by atoms with Crippen molar-refractivity contribution in [3.05, 3.63) is 59.8 Å². The fourth-order valence-corrected chi connectivity index (χ4v) is 3.22. The van der Waals surface area contributed by atoms with Gasteiger partial charge in [-0.1, -0.05) is 0 Å². The van der Waals surface area contributed by atoms with Gasteiger partial charge in [0.25, 0.3) is 17.7 Å². The van der Waals surface area contributed by atoms with Crippen LogP contribution in [0.5, 0.6) is 0 Å². The molecule has 3 N–H and O–H groups in total. The molecule has 0 saturated carbocycles. The molecular weight excluding hydrogens is 465 g/mol. The summed E-state index contributed by atoms with van der Waals surface area (Å²) in [6, 6.07) is 4.59. The number of H-pyrrole nitrogens is 1. The van der Waals surface area contributed by atoms with Crippen molar-refractivity contribution in [2.24, 2.45) is 0 Å². The normalized spacial score (nSPS) is 15.3. The zero-order chi connectivity index (χ0) is 24.5. The van der Waals surface area contributed by atoms with Crippen LogP contribution in [-0.2, 0) is 6.18 Å². The lowest BCUT2D eigenvalue weighted by Gasteiger charge is -2.17. The van der Waals surface area contributed by atoms with Gasteiger partial charge in [-0.15, -0.1) is 0 Å². The molecule has 1 aliphatic rings. The second-order valence-corrected chi connectivity index (χ2v) is 7.43. The Kier molecular flexibility index (Phi) is 5.89. The second kappa shape index (κ2) is 8.68. The van der Waals surface area contributed by atoms with E-state index in [-0.39, 0.29) is 35.6 Å². The highest BCUT2D eigenvalue weighted by Crippen LogP contribution is 2.30. The molecule has 1 saturated heterocycles. The Morgan fingerprint density at radius 3 is 2.38 bits per heavy atom. The van der Waals surface area contributed by atoms with Crippen LogP contribution in [0.25, 0.3) is 0 Å². The molecule has 14 heteroatoms. The smallest absolute Gasteiger partial charge is 0.350 e. The molecule has 4 rings (SSSR count). The van der Waals surface area contributed by atoms with Crippen LogP contribution in [0, 0.1) is 0 Å². The van der Waals surface area contributed by atoms with Crippen molar-refractivity contribution in [1.82, 2.24) is 20.2 Å². The van der Waals surface area contributed by atoms with Crippen LogP contribution >= 0.6 is 0 Å². The molecule has 1 aliphatic heterocycles. The Bertz CT molecular complexity index is 1190. The molecule has 9 nitrogen and oxygen atoms in total. The minimum absolute atomic E-state index is 0.0220. The van der Waals surface area contributed by atoms with E-state index in [0.29, 0.717) is 11.9 Å². The van der Waals surface area contributed by atoms with Crippen molar-refractivity contribution >= 4 is 29.0 Å². The fraction of sp³-hybridized carbons (Fsp3) is 0.250. The van der Waals surface area contributed by atoms with E-state index in [1.54, 1.807) is 0 Å². The Morgan fingerprint density at radius 1 is 1.00 bits per heavy atom. The monoisotopic (exact) mass is 481 g/mol. The van der Waals surface area contributed by atoms with E-state index in [4.69, 9.17) is 0 Å². The second-order valence-electron chi connectivity index (χ2n) is 7.43. The highest BCUT2D eigenvalue weighted by atomic mass is 19.4. The number of hydrogen-bond acceptors (Lipinski definition) is 6. The Labute approximate surface area is 188 Å². The molecule has 0 radical (unpaired) electrons. The van der Waals surface area contributed by atoms with Crippen molar-refractivity contribution in [2.45, 2.75) is 18.5 Å². The number of aromatic nitrogens is 4. The summed E-state index contributed by atoms with van der Waals surface area (Å²) < 4.78 is 64.6. The van der Waals surface area contributed by atoms with Crippen LogP contribution in [0.2, 0.25) is 0 Å². The van der Waals surface area contributed by atoms with Gasteiger partial charge in [0.15, 0.2) is 0 Å². The van der Waals surface area contributed by atoms with E-state index in [2.05, 4.69) is 30.8 Å². The molecule has 0 spiro atoms. The summed E-state index contributed by atoms with van der Waals surface area (Å²) in [4.78, 5) is 33.7. The molecule has 1 fully saturated rings. The minimum Gasteiger partial charge on any atom is -0.350 e. The number of nitrogens with zero attached hydrogens (tertiary/aromatic N) is 4. The largest absolute Gasteiger partial charge is 0.433 e. The third kappa shape index (κ3) is 5.10. The van der Waals surface area contributed by atoms with Gasteiger partial charge >= 0.3 is 6.18 Å². The molecule has 4 heterocycles. The van der Waals surface area contributed by atoms with Gasteiger partial charge < -0.3 is 15.5 Å². The SMILES string of the molecule is O=C(Nc1cn[nH]c1C(=O)Nc1ccc(N2CCC(F)(F)C2)nc1)c1ccc(C(F)(F)F)nc1. The standard InChI is InChI=1S/C20H16F5N7O2/c21-19(22)5-6-32(10-19)15-4-2-12(8-27-15)29-18(34)16-13(9-28-31-16)30-17(33)11-1-3-14(26-7-11)20(23,24)25/h1-4,7-9H,5-6,10H2,(H,28,31)(H,29,34)(H,30,33). The van der Waals surface area contributed by atoms with Gasteiger partial charge in [0, 0.05) is 19.2 Å². The van der Waals surface area contributed by atoms with Crippen LogP contribution < -0.4 is 15.5 Å². The number of hydrogen-bond donors (Lipinski definition) is 3. The number of alkyl halides is 5.